The van der Waals surface area contributed by atoms with Crippen molar-refractivity contribution in [3.63, 3.8) is 0 Å². The van der Waals surface area contributed by atoms with Crippen LogP contribution in [0.2, 0.25) is 0 Å². The van der Waals surface area contributed by atoms with Gasteiger partial charge in [0.15, 0.2) is 0 Å². The number of carbonyl (C=O) groups is 2. The molecule has 3 unspecified atom stereocenters. The second-order valence-corrected chi connectivity index (χ2v) is 4.15. The SMILES string of the molecule is CCC(C)C(N)C(=O)N1CCC1C(N)=O. The largest absolute Gasteiger partial charge is 0.368 e. The molecule has 2 amide bonds. The van der Waals surface area contributed by atoms with Crippen LogP contribution in [-0.4, -0.2) is 35.3 Å². The Bertz CT molecular complexity index is 267. The number of hydrogen-bond acceptors (Lipinski definition) is 3. The molecule has 1 fully saturated rings. The molecule has 0 radical (unpaired) electrons. The summed E-state index contributed by atoms with van der Waals surface area (Å²) in [6.45, 7) is 4.51. The molecule has 15 heavy (non-hydrogen) atoms. The monoisotopic (exact) mass is 213 g/mol. The minimum atomic E-state index is -0.517. The second kappa shape index (κ2) is 4.61. The number of likely N-dealkylation sites (tertiary alicyclic amines) is 1. The highest BCUT2D eigenvalue weighted by Crippen LogP contribution is 2.20. The first kappa shape index (κ1) is 12.0. The zero-order valence-electron chi connectivity index (χ0n) is 9.27. The van der Waals surface area contributed by atoms with Crippen LogP contribution in [0.25, 0.3) is 0 Å². The number of nitrogens with two attached hydrogens (primary N) is 2. The van der Waals surface area contributed by atoms with Gasteiger partial charge in [0.2, 0.25) is 11.8 Å². The number of nitrogens with zero attached hydrogens (tertiary/aromatic N) is 1. The highest BCUT2D eigenvalue weighted by molar-refractivity contribution is 5.90. The molecule has 0 bridgehead atoms. The van der Waals surface area contributed by atoms with Crippen LogP contribution in [0.5, 0.6) is 0 Å². The average molecular weight is 213 g/mol. The maximum atomic E-state index is 11.8. The van der Waals surface area contributed by atoms with Crippen molar-refractivity contribution in [1.82, 2.24) is 4.90 Å². The quantitative estimate of drug-likeness (QED) is 0.656. The summed E-state index contributed by atoms with van der Waals surface area (Å²) in [5.74, 6) is -0.461. The summed E-state index contributed by atoms with van der Waals surface area (Å²) in [5.41, 5.74) is 11.0. The molecule has 5 heteroatoms. The maximum Gasteiger partial charge on any atom is 0.240 e. The summed E-state index contributed by atoms with van der Waals surface area (Å²) in [6.07, 6.45) is 1.51. The smallest absolute Gasteiger partial charge is 0.240 e. The maximum absolute atomic E-state index is 11.8. The Morgan fingerprint density at radius 2 is 2.13 bits per heavy atom. The first-order chi connectivity index (χ1) is 6.99. The van der Waals surface area contributed by atoms with Crippen LogP contribution in [0.1, 0.15) is 26.7 Å². The van der Waals surface area contributed by atoms with Crippen LogP contribution in [0.3, 0.4) is 0 Å². The molecule has 0 spiro atoms. The van der Waals surface area contributed by atoms with Gasteiger partial charge in [0.05, 0.1) is 6.04 Å². The van der Waals surface area contributed by atoms with Crippen LogP contribution in [0.15, 0.2) is 0 Å². The van der Waals surface area contributed by atoms with E-state index in [0.29, 0.717) is 13.0 Å². The van der Waals surface area contributed by atoms with Crippen LogP contribution >= 0.6 is 0 Å². The molecule has 0 aromatic rings. The number of amides is 2. The Labute approximate surface area is 89.8 Å². The lowest BCUT2D eigenvalue weighted by Gasteiger charge is -2.40. The normalized spacial score (nSPS) is 24.2. The molecule has 5 nitrogen and oxygen atoms in total. The Morgan fingerprint density at radius 1 is 1.53 bits per heavy atom. The van der Waals surface area contributed by atoms with Crippen molar-refractivity contribution in [2.75, 3.05) is 6.54 Å². The van der Waals surface area contributed by atoms with E-state index < -0.39 is 18.0 Å². The predicted molar refractivity (Wildman–Crippen MR) is 56.7 cm³/mol. The third-order valence-corrected chi connectivity index (χ3v) is 3.17. The van der Waals surface area contributed by atoms with E-state index in [2.05, 4.69) is 0 Å². The Morgan fingerprint density at radius 3 is 2.47 bits per heavy atom. The van der Waals surface area contributed by atoms with Gasteiger partial charge in [-0.25, -0.2) is 0 Å². The van der Waals surface area contributed by atoms with E-state index in [-0.39, 0.29) is 11.8 Å². The number of rotatable bonds is 4. The van der Waals surface area contributed by atoms with E-state index in [4.69, 9.17) is 11.5 Å². The lowest BCUT2D eigenvalue weighted by molar-refractivity contribution is -0.148. The summed E-state index contributed by atoms with van der Waals surface area (Å²) >= 11 is 0. The van der Waals surface area contributed by atoms with Crippen molar-refractivity contribution < 1.29 is 9.59 Å². The molecule has 4 N–H and O–H groups in total. The minimum Gasteiger partial charge on any atom is -0.368 e. The fourth-order valence-corrected chi connectivity index (χ4v) is 1.64. The third-order valence-electron chi connectivity index (χ3n) is 3.17. The van der Waals surface area contributed by atoms with Crippen LogP contribution in [0.4, 0.5) is 0 Å². The van der Waals surface area contributed by atoms with E-state index in [1.807, 2.05) is 13.8 Å². The highest BCUT2D eigenvalue weighted by atomic mass is 16.2. The molecule has 86 valence electrons. The van der Waals surface area contributed by atoms with E-state index in [1.165, 1.54) is 4.90 Å². The van der Waals surface area contributed by atoms with Crippen LogP contribution < -0.4 is 11.5 Å². The van der Waals surface area contributed by atoms with Gasteiger partial charge in [-0.3, -0.25) is 9.59 Å². The van der Waals surface area contributed by atoms with Gasteiger partial charge in [-0.1, -0.05) is 20.3 Å². The molecule has 1 heterocycles. The lowest BCUT2D eigenvalue weighted by Crippen LogP contribution is -2.61. The predicted octanol–water partition coefficient (Wildman–Crippen LogP) is -0.554. The van der Waals surface area contributed by atoms with Crippen molar-refractivity contribution in [1.29, 1.82) is 0 Å². The van der Waals surface area contributed by atoms with Crippen LogP contribution in [-0.2, 0) is 9.59 Å². The molecule has 0 aromatic carbocycles. The molecular formula is C10H19N3O2. The van der Waals surface area contributed by atoms with E-state index in [1.54, 1.807) is 0 Å². The van der Waals surface area contributed by atoms with Gasteiger partial charge in [0.25, 0.3) is 0 Å². The number of hydrogen-bond donors (Lipinski definition) is 2. The van der Waals surface area contributed by atoms with E-state index in [0.717, 1.165) is 6.42 Å². The second-order valence-electron chi connectivity index (χ2n) is 4.15. The van der Waals surface area contributed by atoms with Crippen molar-refractivity contribution >= 4 is 11.8 Å². The molecule has 0 aromatic heterocycles. The Balaban J connectivity index is 2.57. The Hall–Kier alpha value is -1.10. The average Bonchev–Trinajstić information content (AvgIpc) is 2.12. The first-order valence-corrected chi connectivity index (χ1v) is 5.34. The molecule has 0 aliphatic carbocycles. The van der Waals surface area contributed by atoms with Crippen LogP contribution in [0, 0.1) is 5.92 Å². The van der Waals surface area contributed by atoms with Crippen molar-refractivity contribution in [2.45, 2.75) is 38.8 Å². The van der Waals surface area contributed by atoms with Crippen molar-refractivity contribution in [3.05, 3.63) is 0 Å². The Kier molecular flexibility index (Phi) is 3.68. The third kappa shape index (κ3) is 2.28. The molecule has 1 saturated heterocycles. The van der Waals surface area contributed by atoms with E-state index >= 15 is 0 Å². The summed E-state index contributed by atoms with van der Waals surface area (Å²) < 4.78 is 0. The van der Waals surface area contributed by atoms with Gasteiger partial charge >= 0.3 is 0 Å². The summed E-state index contributed by atoms with van der Waals surface area (Å²) in [7, 11) is 0. The van der Waals surface area contributed by atoms with E-state index in [9.17, 15) is 9.59 Å². The summed E-state index contributed by atoms with van der Waals surface area (Å²) in [5, 5.41) is 0. The fourth-order valence-electron chi connectivity index (χ4n) is 1.64. The first-order valence-electron chi connectivity index (χ1n) is 5.34. The minimum absolute atomic E-state index is 0.131. The molecule has 1 rings (SSSR count). The molecular weight excluding hydrogens is 194 g/mol. The fraction of sp³-hybridized carbons (Fsp3) is 0.800. The van der Waals surface area contributed by atoms with Gasteiger partial charge in [-0.15, -0.1) is 0 Å². The molecule has 3 atom stereocenters. The number of primary amides is 1. The van der Waals surface area contributed by atoms with Crippen molar-refractivity contribution in [3.8, 4) is 0 Å². The lowest BCUT2D eigenvalue weighted by atomic mass is 9.94. The van der Waals surface area contributed by atoms with Crippen molar-refractivity contribution in [2.24, 2.45) is 17.4 Å². The molecule has 1 aliphatic rings. The topological polar surface area (TPSA) is 89.4 Å². The molecule has 1 aliphatic heterocycles. The van der Waals surface area contributed by atoms with Gasteiger partial charge in [-0.2, -0.15) is 0 Å². The van der Waals surface area contributed by atoms with Gasteiger partial charge < -0.3 is 16.4 Å². The molecule has 0 saturated carbocycles. The highest BCUT2D eigenvalue weighted by Gasteiger charge is 2.38. The summed E-state index contributed by atoms with van der Waals surface area (Å²) in [6, 6.07) is -0.954. The zero-order chi connectivity index (χ0) is 11.6. The van der Waals surface area contributed by atoms with Gasteiger partial charge in [0, 0.05) is 6.54 Å². The standard InChI is InChI=1S/C10H19N3O2/c1-3-6(2)8(11)10(15)13-5-4-7(13)9(12)14/h6-8H,3-5,11H2,1-2H3,(H2,12,14). The zero-order valence-corrected chi connectivity index (χ0v) is 9.27. The van der Waals surface area contributed by atoms with Gasteiger partial charge in [0.1, 0.15) is 6.04 Å². The van der Waals surface area contributed by atoms with Gasteiger partial charge in [-0.05, 0) is 12.3 Å². The number of carbonyl (C=O) groups excluding carboxylic acids is 2. The summed E-state index contributed by atoms with van der Waals surface area (Å²) in [4.78, 5) is 24.3.